The lowest BCUT2D eigenvalue weighted by Crippen LogP contribution is -2.59. The quantitative estimate of drug-likeness (QED) is 0.442. The zero-order valence-electron chi connectivity index (χ0n) is 20.1. The number of hydrogen-bond acceptors (Lipinski definition) is 8. The van der Waals surface area contributed by atoms with E-state index in [-0.39, 0.29) is 24.4 Å². The summed E-state index contributed by atoms with van der Waals surface area (Å²) in [7, 11) is 1.32. The van der Waals surface area contributed by atoms with E-state index in [0.29, 0.717) is 29.4 Å². The van der Waals surface area contributed by atoms with Gasteiger partial charge in [0.25, 0.3) is 0 Å². The van der Waals surface area contributed by atoms with Gasteiger partial charge in [-0.15, -0.1) is 0 Å². The van der Waals surface area contributed by atoms with E-state index in [2.05, 4.69) is 6.07 Å². The van der Waals surface area contributed by atoms with Crippen molar-refractivity contribution in [2.45, 2.75) is 37.2 Å². The fourth-order valence-corrected chi connectivity index (χ4v) is 6.89. The normalized spacial score (nSPS) is 26.5. The van der Waals surface area contributed by atoms with Crippen LogP contribution in [0.4, 0.5) is 0 Å². The van der Waals surface area contributed by atoms with Crippen molar-refractivity contribution in [2.24, 2.45) is 16.8 Å². The topological polar surface area (TPSA) is 103 Å². The highest BCUT2D eigenvalue weighted by molar-refractivity contribution is 8.13. The second-order valence-electron chi connectivity index (χ2n) is 9.18. The number of ether oxygens (including phenoxy) is 1. The molecule has 0 bridgehead atoms. The molecule has 9 heteroatoms. The van der Waals surface area contributed by atoms with Crippen LogP contribution >= 0.6 is 11.8 Å². The highest BCUT2D eigenvalue weighted by Crippen LogP contribution is 2.54. The molecule has 3 heterocycles. The van der Waals surface area contributed by atoms with E-state index in [1.807, 2.05) is 54.3 Å². The molecule has 184 valence electrons. The van der Waals surface area contributed by atoms with E-state index < -0.39 is 23.3 Å². The molecule has 0 saturated carbocycles. The predicted molar refractivity (Wildman–Crippen MR) is 134 cm³/mol. The van der Waals surface area contributed by atoms with E-state index in [9.17, 15) is 14.4 Å². The number of likely N-dealkylation sites (tertiary alicyclic amines) is 1. The molecule has 2 aromatic carbocycles. The maximum atomic E-state index is 13.8. The highest BCUT2D eigenvalue weighted by Gasteiger charge is 2.73. The number of amides is 2. The van der Waals surface area contributed by atoms with Crippen molar-refractivity contribution in [3.8, 4) is 6.07 Å². The minimum absolute atomic E-state index is 0.181. The first kappa shape index (κ1) is 24.1. The lowest BCUT2D eigenvalue weighted by Gasteiger charge is -2.39. The molecule has 4 atom stereocenters. The minimum Gasteiger partial charge on any atom is -0.467 e. The molecule has 0 aromatic heterocycles. The van der Waals surface area contributed by atoms with Crippen molar-refractivity contribution < 1.29 is 19.1 Å². The fourth-order valence-electron chi connectivity index (χ4n) is 5.80. The molecule has 2 aromatic rings. The van der Waals surface area contributed by atoms with Gasteiger partial charge in [-0.25, -0.2) is 4.79 Å². The lowest BCUT2D eigenvalue weighted by molar-refractivity contribution is -0.158. The summed E-state index contributed by atoms with van der Waals surface area (Å²) in [5.41, 5.74) is 1.15. The molecule has 0 radical (unpaired) electrons. The van der Waals surface area contributed by atoms with E-state index in [1.54, 1.807) is 12.1 Å². The summed E-state index contributed by atoms with van der Waals surface area (Å²) >= 11 is 1.47. The molecule has 8 nitrogen and oxygen atoms in total. The number of benzene rings is 2. The van der Waals surface area contributed by atoms with Gasteiger partial charge in [0.15, 0.2) is 10.7 Å². The van der Waals surface area contributed by atoms with Crippen molar-refractivity contribution in [2.75, 3.05) is 13.7 Å². The molecule has 0 N–H and O–H groups in total. The number of nitrogens with zero attached hydrogens (tertiary/aromatic N) is 4. The lowest BCUT2D eigenvalue weighted by atomic mass is 9.78. The Balaban J connectivity index is 1.45. The van der Waals surface area contributed by atoms with Crippen molar-refractivity contribution in [3.63, 3.8) is 0 Å². The van der Waals surface area contributed by atoms with Crippen LogP contribution in [-0.2, 0) is 31.4 Å². The van der Waals surface area contributed by atoms with Crippen LogP contribution in [0.5, 0.6) is 0 Å². The van der Waals surface area contributed by atoms with Gasteiger partial charge in [0, 0.05) is 5.75 Å². The Kier molecular flexibility index (Phi) is 6.31. The van der Waals surface area contributed by atoms with Crippen LogP contribution < -0.4 is 0 Å². The summed E-state index contributed by atoms with van der Waals surface area (Å²) in [4.78, 5) is 48.8. The van der Waals surface area contributed by atoms with Crippen LogP contribution in [0.2, 0.25) is 0 Å². The molecule has 2 amide bonds. The van der Waals surface area contributed by atoms with Crippen LogP contribution in [0.1, 0.15) is 30.0 Å². The number of rotatable bonds is 6. The molecule has 0 aliphatic carbocycles. The van der Waals surface area contributed by atoms with E-state index in [4.69, 9.17) is 15.0 Å². The number of hydrogen-bond donors (Lipinski definition) is 0. The number of esters is 1. The highest BCUT2D eigenvalue weighted by atomic mass is 32.2. The number of carbonyl (C=O) groups is 3. The zero-order chi connectivity index (χ0) is 25.4. The summed E-state index contributed by atoms with van der Waals surface area (Å²) < 4.78 is 5.26. The van der Waals surface area contributed by atoms with Crippen molar-refractivity contribution in [1.29, 1.82) is 5.26 Å². The minimum atomic E-state index is -1.30. The number of imide groups is 1. The number of aliphatic imine (C=N–C) groups is 1. The Labute approximate surface area is 213 Å². The van der Waals surface area contributed by atoms with Crippen LogP contribution in [-0.4, -0.2) is 58.0 Å². The average Bonchev–Trinajstić information content (AvgIpc) is 3.54. The monoisotopic (exact) mass is 502 g/mol. The first-order valence-electron chi connectivity index (χ1n) is 11.9. The molecule has 5 rings (SSSR count). The third-order valence-corrected chi connectivity index (χ3v) is 8.53. The van der Waals surface area contributed by atoms with Crippen molar-refractivity contribution in [1.82, 2.24) is 9.80 Å². The van der Waals surface area contributed by atoms with Crippen LogP contribution in [0.25, 0.3) is 0 Å². The van der Waals surface area contributed by atoms with Gasteiger partial charge in [0.05, 0.1) is 49.7 Å². The maximum Gasteiger partial charge on any atom is 0.332 e. The molecule has 0 unspecified atom stereocenters. The van der Waals surface area contributed by atoms with E-state index >= 15 is 0 Å². The van der Waals surface area contributed by atoms with Crippen molar-refractivity contribution >= 4 is 34.7 Å². The summed E-state index contributed by atoms with van der Waals surface area (Å²) in [6.45, 7) is 2.38. The molecular formula is C27H26N4O4S. The Morgan fingerprint density at radius 3 is 2.50 bits per heavy atom. The molecule has 2 fully saturated rings. The third-order valence-electron chi connectivity index (χ3n) is 7.47. The number of thioether (sulfide) groups is 1. The summed E-state index contributed by atoms with van der Waals surface area (Å²) in [5, 5.41) is 9.67. The SMILES string of the molecule is CC[C@]1(C(=O)OC)[C@H]2C(=O)N(Cc3ccccc3)C(=O)[C@H]2[C@H]2CN=C(SCc3ccc(C#N)cc3)N21. The molecule has 3 aliphatic heterocycles. The van der Waals surface area contributed by atoms with Crippen molar-refractivity contribution in [3.05, 3.63) is 71.3 Å². The maximum absolute atomic E-state index is 13.8. The van der Waals surface area contributed by atoms with Gasteiger partial charge in [0.2, 0.25) is 11.8 Å². The molecule has 3 aliphatic rings. The number of amidine groups is 1. The van der Waals surface area contributed by atoms with Crippen LogP contribution in [0, 0.1) is 23.2 Å². The van der Waals surface area contributed by atoms with Gasteiger partial charge in [-0.2, -0.15) is 5.26 Å². The predicted octanol–water partition coefficient (Wildman–Crippen LogP) is 2.97. The summed E-state index contributed by atoms with van der Waals surface area (Å²) in [5.74, 6) is -2.00. The average molecular weight is 503 g/mol. The van der Waals surface area contributed by atoms with Gasteiger partial charge in [0.1, 0.15) is 0 Å². The number of fused-ring (bicyclic) bond motifs is 3. The van der Waals surface area contributed by atoms with Gasteiger partial charge in [-0.05, 0) is 29.7 Å². The number of methoxy groups -OCH3 is 1. The van der Waals surface area contributed by atoms with Crippen LogP contribution in [0.3, 0.4) is 0 Å². The first-order chi connectivity index (χ1) is 17.5. The second kappa shape index (κ2) is 9.43. The molecule has 2 saturated heterocycles. The van der Waals surface area contributed by atoms with Gasteiger partial charge >= 0.3 is 5.97 Å². The standard InChI is InChI=1S/C27H26N4O4S/c1-3-27(25(34)35-2)22-21(23(32)30(24(22)33)15-18-7-5-4-6-8-18)20-14-29-26(31(20)27)36-16-19-11-9-17(13-28)10-12-19/h4-12,20-22H,3,14-16H2,1-2H3/t20-,21+,22-,27-/m1/s1. The number of nitriles is 1. The van der Waals surface area contributed by atoms with Gasteiger partial charge in [-0.1, -0.05) is 61.2 Å². The van der Waals surface area contributed by atoms with Gasteiger partial charge in [-0.3, -0.25) is 19.5 Å². The van der Waals surface area contributed by atoms with Crippen LogP contribution in [0.15, 0.2) is 59.6 Å². The zero-order valence-corrected chi connectivity index (χ0v) is 20.9. The van der Waals surface area contributed by atoms with Gasteiger partial charge < -0.3 is 9.64 Å². The third kappa shape index (κ3) is 3.59. The smallest absolute Gasteiger partial charge is 0.332 e. The first-order valence-corrected chi connectivity index (χ1v) is 12.9. The molecule has 36 heavy (non-hydrogen) atoms. The largest absolute Gasteiger partial charge is 0.467 e. The van der Waals surface area contributed by atoms with E-state index in [1.165, 1.54) is 23.8 Å². The summed E-state index contributed by atoms with van der Waals surface area (Å²) in [6.07, 6.45) is 0.311. The van der Waals surface area contributed by atoms with E-state index in [0.717, 1.165) is 11.1 Å². The molecular weight excluding hydrogens is 476 g/mol. The Morgan fingerprint density at radius 2 is 1.86 bits per heavy atom. The second-order valence-corrected chi connectivity index (χ2v) is 10.1. The fraction of sp³-hybridized carbons (Fsp3) is 0.370. The number of carbonyl (C=O) groups excluding carboxylic acids is 3. The molecule has 0 spiro atoms. The Morgan fingerprint density at radius 1 is 1.14 bits per heavy atom. The Bertz CT molecular complexity index is 1270. The summed E-state index contributed by atoms with van der Waals surface area (Å²) in [6, 6.07) is 18.4. The Hall–Kier alpha value is -3.64.